The first-order chi connectivity index (χ1) is 17.5. The van der Waals surface area contributed by atoms with Gasteiger partial charge in [-0.25, -0.2) is 14.6 Å². The van der Waals surface area contributed by atoms with Gasteiger partial charge < -0.3 is 15.3 Å². The molecule has 8 nitrogen and oxygen atoms in total. The summed E-state index contributed by atoms with van der Waals surface area (Å²) in [6, 6.07) is 6.81. The number of aromatic carboxylic acids is 1. The van der Waals surface area contributed by atoms with Gasteiger partial charge in [-0.15, -0.1) is 0 Å². The molecule has 1 aromatic carbocycles. The third-order valence-corrected chi connectivity index (χ3v) is 7.17. The average molecular weight is 519 g/mol. The Morgan fingerprint density at radius 2 is 1.73 bits per heavy atom. The van der Waals surface area contributed by atoms with E-state index in [1.807, 2.05) is 12.1 Å². The van der Waals surface area contributed by atoms with Gasteiger partial charge in [-0.05, 0) is 80.7 Å². The molecule has 3 amide bonds. The Kier molecular flexibility index (Phi) is 7.70. The van der Waals surface area contributed by atoms with Crippen LogP contribution >= 0.6 is 0 Å². The lowest BCUT2D eigenvalue weighted by atomic mass is 9.81. The van der Waals surface area contributed by atoms with Crippen LogP contribution in [0.15, 0.2) is 36.5 Å². The van der Waals surface area contributed by atoms with Crippen molar-refractivity contribution in [1.82, 2.24) is 15.2 Å². The van der Waals surface area contributed by atoms with Gasteiger partial charge in [-0.2, -0.15) is 13.2 Å². The molecule has 37 heavy (non-hydrogen) atoms. The molecule has 2 aliphatic rings. The molecule has 1 aliphatic heterocycles. The highest BCUT2D eigenvalue weighted by atomic mass is 19.4. The number of likely N-dealkylation sites (tertiary alicyclic amines) is 1. The number of carbonyl (C=O) groups excluding carboxylic acids is 2. The number of alkyl halides is 3. The van der Waals surface area contributed by atoms with Crippen LogP contribution in [0.1, 0.15) is 71.5 Å². The summed E-state index contributed by atoms with van der Waals surface area (Å²) in [7, 11) is 0. The molecule has 198 valence electrons. The number of anilines is 1. The van der Waals surface area contributed by atoms with Gasteiger partial charge in [0.2, 0.25) is 5.91 Å². The first kappa shape index (κ1) is 26.4. The predicted octanol–water partition coefficient (Wildman–Crippen LogP) is 4.95. The minimum Gasteiger partial charge on any atom is -0.478 e. The van der Waals surface area contributed by atoms with Crippen LogP contribution in [0.25, 0.3) is 0 Å². The van der Waals surface area contributed by atoms with Crippen molar-refractivity contribution >= 4 is 23.7 Å². The number of hydrogen-bond donors (Lipinski definition) is 3. The second kappa shape index (κ2) is 10.8. The molecule has 2 heterocycles. The summed E-state index contributed by atoms with van der Waals surface area (Å²) in [6.45, 7) is 1.66. The van der Waals surface area contributed by atoms with E-state index in [1.54, 1.807) is 12.1 Å². The van der Waals surface area contributed by atoms with Crippen molar-refractivity contribution in [2.45, 2.75) is 69.6 Å². The fraction of sp³-hybridized carbons (Fsp3) is 0.462. The van der Waals surface area contributed by atoms with E-state index >= 15 is 0 Å². The molecule has 1 atom stereocenters. The second-order valence-electron chi connectivity index (χ2n) is 9.65. The number of benzene rings is 1. The summed E-state index contributed by atoms with van der Waals surface area (Å²) >= 11 is 0. The number of amides is 3. The number of carboxylic acids is 1. The lowest BCUT2D eigenvalue weighted by Crippen LogP contribution is -2.50. The Hall–Kier alpha value is -3.63. The van der Waals surface area contributed by atoms with Gasteiger partial charge in [-0.1, -0.05) is 12.1 Å². The molecule has 0 spiro atoms. The number of nitrogens with one attached hydrogen (secondary N) is 2. The lowest BCUT2D eigenvalue weighted by molar-refractivity contribution is -0.138. The molecule has 4 rings (SSSR count). The van der Waals surface area contributed by atoms with Crippen molar-refractivity contribution in [3.05, 3.63) is 58.8 Å². The summed E-state index contributed by atoms with van der Waals surface area (Å²) in [5, 5.41) is 14.6. The number of aromatic nitrogens is 1. The number of rotatable bonds is 5. The molecule has 1 saturated heterocycles. The SMILES string of the molecule is Cc1cc(NC(=O)N2CCC[C@@H]2C(=O)NC2CCC(c3ccc(C(=O)O)cc3)CC2)ncc1C(F)(F)F. The molecule has 2 aromatic rings. The summed E-state index contributed by atoms with van der Waals surface area (Å²) in [5.74, 6) is -0.905. The third kappa shape index (κ3) is 6.20. The molecule has 1 aliphatic carbocycles. The number of urea groups is 1. The predicted molar refractivity (Wildman–Crippen MR) is 129 cm³/mol. The van der Waals surface area contributed by atoms with Crippen molar-refractivity contribution in [2.75, 3.05) is 11.9 Å². The van der Waals surface area contributed by atoms with Gasteiger partial charge in [0.1, 0.15) is 11.9 Å². The second-order valence-corrected chi connectivity index (χ2v) is 9.65. The molecule has 1 aromatic heterocycles. The third-order valence-electron chi connectivity index (χ3n) is 7.17. The van der Waals surface area contributed by atoms with E-state index in [2.05, 4.69) is 15.6 Å². The fourth-order valence-electron chi connectivity index (χ4n) is 5.15. The minimum absolute atomic E-state index is 0.00346. The molecule has 0 bridgehead atoms. The van der Waals surface area contributed by atoms with E-state index in [1.165, 1.54) is 17.9 Å². The Labute approximate surface area is 212 Å². The monoisotopic (exact) mass is 518 g/mol. The number of carbonyl (C=O) groups is 3. The van der Waals surface area contributed by atoms with E-state index < -0.39 is 29.8 Å². The van der Waals surface area contributed by atoms with Gasteiger partial charge in [0.05, 0.1) is 11.1 Å². The standard InChI is InChI=1S/C26H29F3N4O4/c1-15-13-22(30-14-20(15)26(27,28)29)32-25(37)33-12-2-3-21(33)23(34)31-19-10-8-17(9-11-19)16-4-6-18(7-5-16)24(35)36/h4-7,13-14,17,19,21H,2-3,8-12H2,1H3,(H,31,34)(H,35,36)(H,30,32,37)/t17?,19?,21-/m1/s1. The van der Waals surface area contributed by atoms with Crippen LogP contribution in [0.4, 0.5) is 23.8 Å². The minimum atomic E-state index is -4.53. The van der Waals surface area contributed by atoms with Gasteiger partial charge in [0, 0.05) is 18.8 Å². The maximum absolute atomic E-state index is 13.0. The van der Waals surface area contributed by atoms with Crippen molar-refractivity contribution in [3.8, 4) is 0 Å². The van der Waals surface area contributed by atoms with Crippen LogP contribution in [0, 0.1) is 6.92 Å². The lowest BCUT2D eigenvalue weighted by Gasteiger charge is -2.31. The quantitative estimate of drug-likeness (QED) is 0.519. The van der Waals surface area contributed by atoms with E-state index in [9.17, 15) is 27.6 Å². The number of aryl methyl sites for hydroxylation is 1. The van der Waals surface area contributed by atoms with E-state index in [-0.39, 0.29) is 28.9 Å². The largest absolute Gasteiger partial charge is 0.478 e. The molecule has 3 N–H and O–H groups in total. The van der Waals surface area contributed by atoms with E-state index in [0.717, 1.165) is 31.2 Å². The van der Waals surface area contributed by atoms with Gasteiger partial charge in [0.15, 0.2) is 0 Å². The highest BCUT2D eigenvalue weighted by molar-refractivity contribution is 5.93. The maximum Gasteiger partial charge on any atom is 0.418 e. The van der Waals surface area contributed by atoms with Crippen molar-refractivity contribution in [2.24, 2.45) is 0 Å². The average Bonchev–Trinajstić information content (AvgIpc) is 3.34. The van der Waals surface area contributed by atoms with Crippen LogP contribution in [-0.2, 0) is 11.0 Å². The molecule has 2 fully saturated rings. The van der Waals surface area contributed by atoms with E-state index in [0.29, 0.717) is 31.5 Å². The topological polar surface area (TPSA) is 112 Å². The molecule has 0 unspecified atom stereocenters. The van der Waals surface area contributed by atoms with E-state index in [4.69, 9.17) is 5.11 Å². The zero-order chi connectivity index (χ0) is 26.7. The number of carboxylic acid groups (broad SMARTS) is 1. The van der Waals surface area contributed by atoms with Crippen molar-refractivity contribution < 1.29 is 32.7 Å². The number of nitrogens with zero attached hydrogens (tertiary/aromatic N) is 2. The van der Waals surface area contributed by atoms with Crippen LogP contribution in [0.2, 0.25) is 0 Å². The van der Waals surface area contributed by atoms with Gasteiger partial charge in [0.25, 0.3) is 0 Å². The van der Waals surface area contributed by atoms with Crippen LogP contribution in [-0.4, -0.2) is 51.5 Å². The fourth-order valence-corrected chi connectivity index (χ4v) is 5.15. The Balaban J connectivity index is 1.30. The maximum atomic E-state index is 13.0. The van der Waals surface area contributed by atoms with Crippen LogP contribution < -0.4 is 10.6 Å². The Morgan fingerprint density at radius 3 is 2.32 bits per heavy atom. The highest BCUT2D eigenvalue weighted by Gasteiger charge is 2.36. The highest BCUT2D eigenvalue weighted by Crippen LogP contribution is 2.34. The Bertz CT molecular complexity index is 1160. The zero-order valence-corrected chi connectivity index (χ0v) is 20.3. The van der Waals surface area contributed by atoms with Crippen LogP contribution in [0.5, 0.6) is 0 Å². The van der Waals surface area contributed by atoms with Gasteiger partial charge in [-0.3, -0.25) is 10.1 Å². The molecular weight excluding hydrogens is 489 g/mol. The van der Waals surface area contributed by atoms with Crippen molar-refractivity contribution in [3.63, 3.8) is 0 Å². The van der Waals surface area contributed by atoms with Crippen molar-refractivity contribution in [1.29, 1.82) is 0 Å². The first-order valence-electron chi connectivity index (χ1n) is 12.3. The summed E-state index contributed by atoms with van der Waals surface area (Å²) in [4.78, 5) is 42.0. The number of halogens is 3. The number of pyridine rings is 1. The Morgan fingerprint density at radius 1 is 1.05 bits per heavy atom. The summed E-state index contributed by atoms with van der Waals surface area (Å²) in [6.07, 6.45) is 0.553. The van der Waals surface area contributed by atoms with Crippen LogP contribution in [0.3, 0.4) is 0 Å². The molecule has 1 saturated carbocycles. The molecule has 11 heteroatoms. The molecular formula is C26H29F3N4O4. The first-order valence-corrected chi connectivity index (χ1v) is 12.3. The van der Waals surface area contributed by atoms with Gasteiger partial charge >= 0.3 is 18.2 Å². The summed E-state index contributed by atoms with van der Waals surface area (Å²) < 4.78 is 38.9. The molecule has 0 radical (unpaired) electrons. The normalized spacial score (nSPS) is 21.9. The summed E-state index contributed by atoms with van der Waals surface area (Å²) in [5.41, 5.74) is 0.414. The smallest absolute Gasteiger partial charge is 0.418 e. The number of hydrogen-bond acceptors (Lipinski definition) is 4. The zero-order valence-electron chi connectivity index (χ0n) is 20.3.